The summed E-state index contributed by atoms with van der Waals surface area (Å²) in [7, 11) is 0. The number of para-hydroxylation sites is 1. The Kier molecular flexibility index (Phi) is 11.0. The molecule has 322 valence electrons. The third-order valence-corrected chi connectivity index (χ3v) is 13.9. The van der Waals surface area contributed by atoms with E-state index in [1.165, 1.54) is 6.92 Å². The van der Waals surface area contributed by atoms with Crippen molar-refractivity contribution in [3.63, 3.8) is 0 Å². The third-order valence-electron chi connectivity index (χ3n) is 13.9. The highest BCUT2D eigenvalue weighted by atomic mass is 16.6. The molecular formula is C47H51NO13. The minimum Gasteiger partial charge on any atom is -0.458 e. The van der Waals surface area contributed by atoms with E-state index in [1.807, 2.05) is 13.8 Å². The fourth-order valence-corrected chi connectivity index (χ4v) is 10.7. The number of hydrogen-bond donors (Lipinski definition) is 5. The number of aliphatic hydroxyl groups is 4. The minimum absolute atomic E-state index is 0.0258. The second-order valence-corrected chi connectivity index (χ2v) is 17.6. The highest BCUT2D eigenvalue weighted by molar-refractivity contribution is 5.96. The number of fused-ring (bicyclic) bond motifs is 6. The normalized spacial score (nSPS) is 32.4. The Morgan fingerprint density at radius 2 is 1.52 bits per heavy atom. The first kappa shape index (κ1) is 42.3. The van der Waals surface area contributed by atoms with Crippen LogP contribution in [0, 0.1) is 22.7 Å². The number of benzene rings is 3. The van der Waals surface area contributed by atoms with Gasteiger partial charge in [0.15, 0.2) is 17.5 Å². The van der Waals surface area contributed by atoms with E-state index in [9.17, 15) is 39.6 Å². The van der Waals surface area contributed by atoms with E-state index in [-0.39, 0.29) is 30.8 Å². The van der Waals surface area contributed by atoms with Gasteiger partial charge in [-0.1, -0.05) is 87.5 Å². The summed E-state index contributed by atoms with van der Waals surface area (Å²) in [5, 5.41) is 51.9. The largest absolute Gasteiger partial charge is 0.458 e. The van der Waals surface area contributed by atoms with Crippen LogP contribution in [0.25, 0.3) is 11.0 Å². The van der Waals surface area contributed by atoms with Gasteiger partial charge in [0.25, 0.3) is 5.91 Å². The number of carbonyl (C=O) groups excluding carboxylic acids is 4. The van der Waals surface area contributed by atoms with Crippen LogP contribution in [0.3, 0.4) is 0 Å². The van der Waals surface area contributed by atoms with Crippen molar-refractivity contribution in [1.82, 2.24) is 5.32 Å². The average molecular weight is 838 g/mol. The summed E-state index contributed by atoms with van der Waals surface area (Å²) in [5.41, 5.74) is -2.44. The molecule has 1 aliphatic heterocycles. The Bertz CT molecular complexity index is 2330. The Morgan fingerprint density at radius 3 is 2.16 bits per heavy atom. The molecule has 4 aromatic rings. The van der Waals surface area contributed by atoms with Gasteiger partial charge in [-0.2, -0.15) is 0 Å². The Morgan fingerprint density at radius 1 is 0.869 bits per heavy atom. The molecule has 2 bridgehead atoms. The zero-order valence-corrected chi connectivity index (χ0v) is 34.5. The molecule has 2 heterocycles. The third kappa shape index (κ3) is 7.04. The van der Waals surface area contributed by atoms with E-state index >= 15 is 0 Å². The van der Waals surface area contributed by atoms with Gasteiger partial charge in [0.2, 0.25) is 0 Å². The van der Waals surface area contributed by atoms with Gasteiger partial charge in [0.05, 0.1) is 36.3 Å². The number of hydrogen-bond acceptors (Lipinski definition) is 13. The van der Waals surface area contributed by atoms with Crippen LogP contribution in [0.4, 0.5) is 0 Å². The fourth-order valence-electron chi connectivity index (χ4n) is 10.7. The first-order valence-corrected chi connectivity index (χ1v) is 20.5. The summed E-state index contributed by atoms with van der Waals surface area (Å²) in [6, 6.07) is 24.0. The fraction of sp³-hybridized carbons (Fsp3) is 0.447. The van der Waals surface area contributed by atoms with Crippen molar-refractivity contribution in [3.05, 3.63) is 119 Å². The van der Waals surface area contributed by atoms with Gasteiger partial charge in [-0.25, -0.2) is 9.59 Å². The molecule has 4 aliphatic rings. The van der Waals surface area contributed by atoms with Crippen molar-refractivity contribution in [2.24, 2.45) is 22.7 Å². The number of esters is 3. The Balaban J connectivity index is 1.19. The standard InChI is InChI=1S/C47H51NO13/c1-24-31(59-44(56)38(52)36(26-14-8-6-9-15-26)48-42(54)32-20-28-18-12-13-19-30(28)58-32)21-29-39(60-43(55)27-16-10-7-11-17-27)40-46(5,41(53)37(51)35(24)45(29,3)4)33(50)22-34-47(40,23-57-34)61-25(2)49/h6-20,29,31,33-34,36-41,50-53H,21-23H2,1-5H3,(H,48,54)/t29?,31-,33-,34+,36-,37+,38+,39+,40-,41-,46+,47-/m0/s1. The van der Waals surface area contributed by atoms with Gasteiger partial charge in [0.1, 0.15) is 30.0 Å². The van der Waals surface area contributed by atoms with Crippen molar-refractivity contribution in [2.75, 3.05) is 6.61 Å². The SMILES string of the molecule is CC(=O)O[C@@]12CO[C@@H]1C[C@H](O)[C@]1(C)[C@@H]2[C@H](OC(=O)c2ccccc2)C2C[C@H](OC(=O)[C@H](O)[C@@H](NC(=O)c3cc4ccccc4o3)c3ccccc3)C(C)=C([C@@H](O)[C@@H]1O)C2(C)C. The summed E-state index contributed by atoms with van der Waals surface area (Å²) in [5.74, 6) is -5.17. The molecule has 0 spiro atoms. The molecule has 8 rings (SSSR count). The summed E-state index contributed by atoms with van der Waals surface area (Å²) in [6.07, 6.45) is -9.94. The summed E-state index contributed by atoms with van der Waals surface area (Å²) in [6.45, 7) is 8.02. The number of aliphatic hydroxyl groups excluding tert-OH is 4. The van der Waals surface area contributed by atoms with Crippen LogP contribution in [0.5, 0.6) is 0 Å². The molecule has 1 unspecified atom stereocenters. The summed E-state index contributed by atoms with van der Waals surface area (Å²) < 4.78 is 30.5. The second kappa shape index (κ2) is 15.8. The molecular weight excluding hydrogens is 787 g/mol. The molecule has 3 aliphatic carbocycles. The number of rotatable bonds is 9. The molecule has 1 saturated heterocycles. The lowest BCUT2D eigenvalue weighted by atomic mass is 9.45. The topological polar surface area (TPSA) is 211 Å². The van der Waals surface area contributed by atoms with Crippen LogP contribution >= 0.6 is 0 Å². The monoisotopic (exact) mass is 837 g/mol. The smallest absolute Gasteiger partial charge is 0.338 e. The number of nitrogens with one attached hydrogen (secondary N) is 1. The number of ether oxygens (including phenoxy) is 4. The highest BCUT2D eigenvalue weighted by Gasteiger charge is 2.75. The molecule has 1 amide bonds. The van der Waals surface area contributed by atoms with Gasteiger partial charge in [-0.15, -0.1) is 0 Å². The van der Waals surface area contributed by atoms with Crippen LogP contribution in [0.1, 0.15) is 80.0 Å². The maximum Gasteiger partial charge on any atom is 0.338 e. The zero-order valence-electron chi connectivity index (χ0n) is 34.5. The molecule has 12 atom stereocenters. The van der Waals surface area contributed by atoms with Crippen LogP contribution in [0.2, 0.25) is 0 Å². The van der Waals surface area contributed by atoms with Gasteiger partial charge in [-0.05, 0) is 59.7 Å². The lowest BCUT2D eigenvalue weighted by molar-refractivity contribution is -0.354. The quantitative estimate of drug-likeness (QED) is 0.0889. The maximum atomic E-state index is 14.3. The summed E-state index contributed by atoms with van der Waals surface area (Å²) >= 11 is 0. The van der Waals surface area contributed by atoms with Gasteiger partial charge in [-0.3, -0.25) is 9.59 Å². The molecule has 14 heteroatoms. The van der Waals surface area contributed by atoms with E-state index in [4.69, 9.17) is 23.4 Å². The molecule has 0 radical (unpaired) electrons. The van der Waals surface area contributed by atoms with Crippen molar-refractivity contribution in [3.8, 4) is 0 Å². The van der Waals surface area contributed by atoms with E-state index < -0.39 is 101 Å². The van der Waals surface area contributed by atoms with Crippen molar-refractivity contribution >= 4 is 34.8 Å². The Labute approximate surface area is 352 Å². The second-order valence-electron chi connectivity index (χ2n) is 17.6. The Hall–Kier alpha value is -5.38. The van der Waals surface area contributed by atoms with Crippen LogP contribution in [0.15, 0.2) is 107 Å². The van der Waals surface area contributed by atoms with Gasteiger partial charge >= 0.3 is 17.9 Å². The first-order valence-electron chi connectivity index (χ1n) is 20.5. The number of amides is 1. The highest BCUT2D eigenvalue weighted by Crippen LogP contribution is 2.64. The predicted octanol–water partition coefficient (Wildman–Crippen LogP) is 4.59. The minimum atomic E-state index is -1.95. The van der Waals surface area contributed by atoms with E-state index in [0.29, 0.717) is 27.7 Å². The lowest BCUT2D eigenvalue weighted by Gasteiger charge is -2.67. The molecule has 61 heavy (non-hydrogen) atoms. The van der Waals surface area contributed by atoms with Crippen LogP contribution in [-0.2, 0) is 28.5 Å². The van der Waals surface area contributed by atoms with Crippen LogP contribution in [-0.4, -0.2) is 99.2 Å². The van der Waals surface area contributed by atoms with Crippen molar-refractivity contribution < 1.29 is 63.0 Å². The number of furan rings is 1. The molecule has 14 nitrogen and oxygen atoms in total. The molecule has 3 aromatic carbocycles. The van der Waals surface area contributed by atoms with Gasteiger partial charge < -0.3 is 49.1 Å². The van der Waals surface area contributed by atoms with E-state index in [0.717, 1.165) is 0 Å². The van der Waals surface area contributed by atoms with E-state index in [1.54, 1.807) is 105 Å². The van der Waals surface area contributed by atoms with Crippen LogP contribution < -0.4 is 5.32 Å². The molecule has 1 aromatic heterocycles. The van der Waals surface area contributed by atoms with Crippen molar-refractivity contribution in [1.29, 1.82) is 0 Å². The van der Waals surface area contributed by atoms with Gasteiger partial charge in [0, 0.05) is 30.1 Å². The zero-order chi connectivity index (χ0) is 43.6. The predicted molar refractivity (Wildman–Crippen MR) is 217 cm³/mol. The summed E-state index contributed by atoms with van der Waals surface area (Å²) in [4.78, 5) is 55.0. The first-order chi connectivity index (χ1) is 29.0. The molecule has 5 N–H and O–H groups in total. The average Bonchev–Trinajstić information content (AvgIpc) is 3.68. The molecule has 2 saturated carbocycles. The maximum absolute atomic E-state index is 14.3. The van der Waals surface area contributed by atoms with E-state index in [2.05, 4.69) is 5.32 Å². The number of carbonyl (C=O) groups is 4. The van der Waals surface area contributed by atoms with Crippen molar-refractivity contribution in [2.45, 2.75) is 102 Å². The lowest BCUT2D eigenvalue weighted by Crippen LogP contribution is -2.80. The molecule has 3 fully saturated rings.